The van der Waals surface area contributed by atoms with Crippen molar-refractivity contribution in [3.05, 3.63) is 100 Å². The highest BCUT2D eigenvalue weighted by molar-refractivity contribution is 5.68. The number of hydrogen-bond donors (Lipinski definition) is 1. The summed E-state index contributed by atoms with van der Waals surface area (Å²) >= 11 is 0. The predicted molar refractivity (Wildman–Crippen MR) is 146 cm³/mol. The van der Waals surface area contributed by atoms with E-state index in [0.29, 0.717) is 31.0 Å². The number of alkyl halides is 6. The Morgan fingerprint density at radius 2 is 1.32 bits per heavy atom. The molecule has 0 radical (unpaired) electrons. The summed E-state index contributed by atoms with van der Waals surface area (Å²) in [6, 6.07) is 18.8. The van der Waals surface area contributed by atoms with Gasteiger partial charge in [0.25, 0.3) is 12.1 Å². The fourth-order valence-electron chi connectivity index (χ4n) is 5.15. The average Bonchev–Trinajstić information content (AvgIpc) is 2.91. The second kappa shape index (κ2) is 12.1. The first-order valence-corrected chi connectivity index (χ1v) is 13.1. The number of hydrogen-bond acceptors (Lipinski definition) is 3. The van der Waals surface area contributed by atoms with E-state index >= 15 is 0 Å². The van der Waals surface area contributed by atoms with Crippen LogP contribution in [0.3, 0.4) is 0 Å². The zero-order valence-corrected chi connectivity index (χ0v) is 23.2. The minimum Gasteiger partial charge on any atom is -0.463 e. The third-order valence-corrected chi connectivity index (χ3v) is 7.76. The number of aliphatic hydroxyl groups is 1. The van der Waals surface area contributed by atoms with Crippen LogP contribution in [0.2, 0.25) is 0 Å². The molecule has 0 fully saturated rings. The summed E-state index contributed by atoms with van der Waals surface area (Å²) in [5.74, 6) is 0. The maximum Gasteiger partial charge on any atom is 0.430 e. The van der Waals surface area contributed by atoms with Crippen LogP contribution in [0.15, 0.2) is 66.7 Å². The zero-order valence-electron chi connectivity index (χ0n) is 23.2. The van der Waals surface area contributed by atoms with Crippen LogP contribution in [-0.4, -0.2) is 29.5 Å². The average molecular weight is 579 g/mol. The molecule has 0 spiro atoms. The molecule has 3 nitrogen and oxygen atoms in total. The maximum atomic E-state index is 13.1. The third-order valence-electron chi connectivity index (χ3n) is 7.76. The molecule has 0 aliphatic heterocycles. The molecular formula is C32H32F6O3. The van der Waals surface area contributed by atoms with Gasteiger partial charge in [0.1, 0.15) is 6.61 Å². The van der Waals surface area contributed by atoms with Crippen molar-refractivity contribution in [2.24, 2.45) is 0 Å². The second-order valence-corrected chi connectivity index (χ2v) is 10.1. The molecule has 3 rings (SSSR count). The SMILES string of the molecule is CCC(CC)(c1ccc(C=CC(O)(C(F)(F)F)C(F)(F)F)c(C)c1)c1ccc(-c2ccc(COC=O)cc2)c(C)c1. The number of carbonyl (C=O) groups is 1. The lowest BCUT2D eigenvalue weighted by Gasteiger charge is -2.34. The Kier molecular flexibility index (Phi) is 9.43. The van der Waals surface area contributed by atoms with Gasteiger partial charge in [0.2, 0.25) is 0 Å². The van der Waals surface area contributed by atoms with Crippen molar-refractivity contribution in [2.75, 3.05) is 0 Å². The van der Waals surface area contributed by atoms with Crippen molar-refractivity contribution in [1.29, 1.82) is 0 Å². The molecule has 0 aliphatic rings. The Hall–Kier alpha value is -3.59. The molecular weight excluding hydrogens is 546 g/mol. The highest BCUT2D eigenvalue weighted by Crippen LogP contribution is 2.45. The summed E-state index contributed by atoms with van der Waals surface area (Å²) in [6.07, 6.45) is -10.0. The van der Waals surface area contributed by atoms with Gasteiger partial charge >= 0.3 is 12.4 Å². The van der Waals surface area contributed by atoms with E-state index in [2.05, 4.69) is 6.07 Å². The minimum absolute atomic E-state index is 0.135. The first kappa shape index (κ1) is 31.9. The molecule has 0 heterocycles. The van der Waals surface area contributed by atoms with Crippen LogP contribution in [0.25, 0.3) is 17.2 Å². The van der Waals surface area contributed by atoms with E-state index in [1.807, 2.05) is 57.2 Å². The Morgan fingerprint density at radius 1 is 0.780 bits per heavy atom. The van der Waals surface area contributed by atoms with E-state index in [1.165, 1.54) is 6.07 Å². The number of ether oxygens (including phenoxy) is 1. The fourth-order valence-corrected chi connectivity index (χ4v) is 5.15. The molecule has 0 aromatic heterocycles. The first-order valence-electron chi connectivity index (χ1n) is 13.1. The predicted octanol–water partition coefficient (Wildman–Crippen LogP) is 8.62. The summed E-state index contributed by atoms with van der Waals surface area (Å²) in [5, 5.41) is 9.47. The lowest BCUT2D eigenvalue weighted by Crippen LogP contribution is -2.55. The summed E-state index contributed by atoms with van der Waals surface area (Å²) in [6.45, 7) is 8.26. The van der Waals surface area contributed by atoms with Crippen molar-refractivity contribution >= 4 is 12.5 Å². The van der Waals surface area contributed by atoms with Gasteiger partial charge in [0.15, 0.2) is 0 Å². The van der Waals surface area contributed by atoms with Gasteiger partial charge < -0.3 is 9.84 Å². The quantitative estimate of drug-likeness (QED) is 0.194. The highest BCUT2D eigenvalue weighted by atomic mass is 19.4. The van der Waals surface area contributed by atoms with Crippen molar-refractivity contribution in [1.82, 2.24) is 0 Å². The van der Waals surface area contributed by atoms with Gasteiger partial charge in [0.05, 0.1) is 0 Å². The monoisotopic (exact) mass is 578 g/mol. The van der Waals surface area contributed by atoms with E-state index in [-0.39, 0.29) is 18.2 Å². The van der Waals surface area contributed by atoms with Gasteiger partial charge in [-0.3, -0.25) is 4.79 Å². The van der Waals surface area contributed by atoms with E-state index in [9.17, 15) is 36.2 Å². The smallest absolute Gasteiger partial charge is 0.430 e. The van der Waals surface area contributed by atoms with Crippen LogP contribution in [0.4, 0.5) is 26.3 Å². The lowest BCUT2D eigenvalue weighted by atomic mass is 9.69. The van der Waals surface area contributed by atoms with Crippen molar-refractivity contribution in [2.45, 2.75) is 70.5 Å². The summed E-state index contributed by atoms with van der Waals surface area (Å²) in [7, 11) is 0. The van der Waals surface area contributed by atoms with Crippen molar-refractivity contribution < 1.29 is 41.0 Å². The topological polar surface area (TPSA) is 46.5 Å². The van der Waals surface area contributed by atoms with Gasteiger partial charge in [-0.25, -0.2) is 0 Å². The number of aryl methyl sites for hydroxylation is 2. The van der Waals surface area contributed by atoms with Gasteiger partial charge in [-0.1, -0.05) is 80.6 Å². The van der Waals surface area contributed by atoms with E-state index in [1.54, 1.807) is 19.1 Å². The summed E-state index contributed by atoms with van der Waals surface area (Å²) < 4.78 is 83.4. The normalized spacial score (nSPS) is 13.0. The molecule has 1 N–H and O–H groups in total. The zero-order chi connectivity index (χ0) is 30.6. The van der Waals surface area contributed by atoms with Crippen LogP contribution >= 0.6 is 0 Å². The molecule has 0 bridgehead atoms. The fraction of sp³-hybridized carbons (Fsp3) is 0.344. The maximum absolute atomic E-state index is 13.1. The molecule has 3 aromatic rings. The highest BCUT2D eigenvalue weighted by Gasteiger charge is 2.68. The largest absolute Gasteiger partial charge is 0.463 e. The molecule has 0 saturated heterocycles. The lowest BCUT2D eigenvalue weighted by molar-refractivity contribution is -0.347. The van der Waals surface area contributed by atoms with E-state index in [4.69, 9.17) is 4.74 Å². The molecule has 0 unspecified atom stereocenters. The molecule has 9 heteroatoms. The van der Waals surface area contributed by atoms with Crippen molar-refractivity contribution in [3.8, 4) is 11.1 Å². The van der Waals surface area contributed by atoms with Gasteiger partial charge in [-0.2, -0.15) is 26.3 Å². The number of benzene rings is 3. The molecule has 220 valence electrons. The Labute approximate surface area is 235 Å². The number of halogens is 6. The van der Waals surface area contributed by atoms with Crippen LogP contribution in [0.5, 0.6) is 0 Å². The minimum atomic E-state index is -5.92. The van der Waals surface area contributed by atoms with E-state index in [0.717, 1.165) is 33.4 Å². The molecule has 0 amide bonds. The molecule has 0 saturated carbocycles. The Bertz CT molecular complexity index is 1370. The number of carbonyl (C=O) groups excluding carboxylic acids is 1. The molecule has 0 aliphatic carbocycles. The molecule has 41 heavy (non-hydrogen) atoms. The van der Waals surface area contributed by atoms with Gasteiger partial charge in [-0.15, -0.1) is 0 Å². The van der Waals surface area contributed by atoms with Crippen LogP contribution in [0, 0.1) is 13.8 Å². The Balaban J connectivity index is 1.98. The van der Waals surface area contributed by atoms with Crippen LogP contribution in [-0.2, 0) is 21.6 Å². The molecule has 0 atom stereocenters. The van der Waals surface area contributed by atoms with Crippen LogP contribution < -0.4 is 0 Å². The first-order chi connectivity index (χ1) is 19.1. The standard InChI is InChI=1S/C32H32F6O3/c1-5-29(6-2,27-13-14-28(22(4)18-27)25-9-7-23(8-10-25)19-41-20-39)26-12-11-24(21(3)17-26)15-16-30(40,31(33,34)35)32(36,37)38/h7-18,20,40H,5-6,19H2,1-4H3. The summed E-state index contributed by atoms with van der Waals surface area (Å²) in [4.78, 5) is 10.4. The Morgan fingerprint density at radius 3 is 1.78 bits per heavy atom. The number of rotatable bonds is 10. The van der Waals surface area contributed by atoms with Gasteiger partial charge in [-0.05, 0) is 77.3 Å². The van der Waals surface area contributed by atoms with E-state index < -0.39 is 23.4 Å². The van der Waals surface area contributed by atoms with Gasteiger partial charge in [0, 0.05) is 5.41 Å². The second-order valence-electron chi connectivity index (χ2n) is 10.1. The summed E-state index contributed by atoms with van der Waals surface area (Å²) in [5.41, 5.74) is 1.02. The van der Waals surface area contributed by atoms with Crippen LogP contribution in [0.1, 0.15) is 60.1 Å². The molecule has 3 aromatic carbocycles. The third kappa shape index (κ3) is 6.35. The van der Waals surface area contributed by atoms with Crippen molar-refractivity contribution in [3.63, 3.8) is 0 Å².